The number of urea groups is 2. The maximum Gasteiger partial charge on any atom is 0.407 e. The Morgan fingerprint density at radius 2 is 0.935 bits per heavy atom. The Morgan fingerprint density at radius 1 is 0.476 bits per heavy atom. The number of alkyl carbamates (subject to hydrolysis) is 2. The van der Waals surface area contributed by atoms with Gasteiger partial charge in [-0.1, -0.05) is 123 Å². The number of hydrogen-bond acceptors (Lipinski definition) is 14. The van der Waals surface area contributed by atoms with E-state index in [1.807, 2.05) is 100 Å². The molecule has 2 aromatic heterocycles. The summed E-state index contributed by atoms with van der Waals surface area (Å²) < 4.78 is 48.1. The lowest BCUT2D eigenvalue weighted by Gasteiger charge is -2.20. The van der Waals surface area contributed by atoms with E-state index >= 15 is 0 Å². The molecule has 12 rings (SSSR count). The van der Waals surface area contributed by atoms with E-state index in [-0.39, 0.29) is 36.1 Å². The van der Waals surface area contributed by atoms with E-state index in [9.17, 15) is 47.8 Å². The summed E-state index contributed by atoms with van der Waals surface area (Å²) in [7, 11) is 2.91. The van der Waals surface area contributed by atoms with Gasteiger partial charge in [0.15, 0.2) is 0 Å². The highest BCUT2D eigenvalue weighted by Crippen LogP contribution is 2.38. The van der Waals surface area contributed by atoms with Gasteiger partial charge >= 0.3 is 36.2 Å². The van der Waals surface area contributed by atoms with Crippen LogP contribution in [-0.4, -0.2) is 82.8 Å². The van der Waals surface area contributed by atoms with Crippen molar-refractivity contribution in [2.24, 2.45) is 0 Å². The lowest BCUT2D eigenvalue weighted by atomic mass is 9.92. The second-order valence-electron chi connectivity index (χ2n) is 29.3. The molecule has 10 aromatic carbocycles. The van der Waals surface area contributed by atoms with Crippen molar-refractivity contribution in [3.63, 3.8) is 0 Å². The number of amides is 6. The number of methoxy groups -OCH3 is 2. The molecule has 0 aliphatic carbocycles. The van der Waals surface area contributed by atoms with Gasteiger partial charge in [-0.05, 0) is 245 Å². The van der Waals surface area contributed by atoms with Gasteiger partial charge < -0.3 is 61.1 Å². The molecule has 12 aromatic rings. The molecular formula is C98H94F2N12O12. The molecule has 0 fully saturated rings. The first-order valence-corrected chi connectivity index (χ1v) is 39.5. The number of pyridine rings is 2. The Bertz CT molecular complexity index is 6170. The van der Waals surface area contributed by atoms with E-state index in [0.717, 1.165) is 38.9 Å². The van der Waals surface area contributed by atoms with Crippen LogP contribution in [0.2, 0.25) is 0 Å². The first-order valence-electron chi connectivity index (χ1n) is 39.5. The number of aryl methyl sites for hydroxylation is 6. The summed E-state index contributed by atoms with van der Waals surface area (Å²) in [6.07, 6.45) is -0.734. The maximum absolute atomic E-state index is 13.7. The maximum atomic E-state index is 13.7. The Balaban J connectivity index is 0.000000187. The first kappa shape index (κ1) is 92.3. The average Bonchev–Trinajstić information content (AvgIpc) is 0.765. The zero-order valence-electron chi connectivity index (χ0n) is 71.0. The van der Waals surface area contributed by atoms with Gasteiger partial charge in [-0.15, -0.1) is 0 Å². The predicted octanol–water partition coefficient (Wildman–Crippen LogP) is 24.0. The highest BCUT2D eigenvalue weighted by Gasteiger charge is 2.24. The molecule has 0 saturated carbocycles. The van der Waals surface area contributed by atoms with Crippen LogP contribution in [0, 0.1) is 103 Å². The van der Waals surface area contributed by atoms with Crippen molar-refractivity contribution in [2.75, 3.05) is 35.5 Å². The lowest BCUT2D eigenvalue weighted by Crippen LogP contribution is -2.31. The monoisotopic (exact) mass is 1670 g/mol. The Labute approximate surface area is 718 Å². The summed E-state index contributed by atoms with van der Waals surface area (Å²) in [5.41, 5.74) is 21.6. The van der Waals surface area contributed by atoms with E-state index in [1.54, 1.807) is 80.6 Å². The molecule has 26 heteroatoms. The number of carboxylic acids is 2. The summed E-state index contributed by atoms with van der Waals surface area (Å²) in [5.74, 6) is -2.42. The molecule has 0 aliphatic rings. The van der Waals surface area contributed by atoms with Gasteiger partial charge in [0.05, 0.1) is 98.0 Å². The van der Waals surface area contributed by atoms with E-state index in [2.05, 4.69) is 117 Å². The molecule has 6 amide bonds. The molecule has 0 spiro atoms. The van der Waals surface area contributed by atoms with Crippen molar-refractivity contribution in [1.82, 2.24) is 20.6 Å². The number of nitrogens with zero attached hydrogens (tertiary/aromatic N) is 6. The zero-order chi connectivity index (χ0) is 90.2. The number of halogens is 2. The number of aromatic carboxylic acids is 2. The largest absolute Gasteiger partial charge is 0.508 e. The van der Waals surface area contributed by atoms with Crippen LogP contribution in [0.5, 0.6) is 11.5 Å². The quantitative estimate of drug-likeness (QED) is 0.0292. The minimum absolute atomic E-state index is 0.0407. The summed E-state index contributed by atoms with van der Waals surface area (Å²) in [5, 5.41) is 53.9. The van der Waals surface area contributed by atoms with Gasteiger partial charge in [0.25, 0.3) is 0 Å². The van der Waals surface area contributed by atoms with Crippen molar-refractivity contribution in [3.8, 4) is 68.4 Å². The second-order valence-corrected chi connectivity index (χ2v) is 29.3. The van der Waals surface area contributed by atoms with Crippen LogP contribution in [-0.2, 0) is 9.47 Å². The molecule has 0 unspecified atom stereocenters. The number of fused-ring (bicyclic) bond motifs is 2. The van der Waals surface area contributed by atoms with E-state index in [4.69, 9.17) is 42.6 Å². The van der Waals surface area contributed by atoms with Gasteiger partial charge in [0.1, 0.15) is 35.3 Å². The Morgan fingerprint density at radius 3 is 1.44 bits per heavy atom. The number of rotatable bonds is 22. The molecular weight excluding hydrogens is 1580 g/mol. The zero-order valence-corrected chi connectivity index (χ0v) is 71.0. The third kappa shape index (κ3) is 23.9. The number of nitrogens with one attached hydrogen (secondary N) is 6. The molecule has 0 bridgehead atoms. The van der Waals surface area contributed by atoms with Crippen LogP contribution in [0.3, 0.4) is 0 Å². The van der Waals surface area contributed by atoms with Crippen LogP contribution < -0.4 is 41.4 Å². The molecule has 4 atom stereocenters. The number of benzene rings is 10. The van der Waals surface area contributed by atoms with E-state index in [1.165, 1.54) is 101 Å². The summed E-state index contributed by atoms with van der Waals surface area (Å²) >= 11 is 0. The number of aromatic nitrogens is 2. The number of ether oxygens (including phenoxy) is 4. The molecule has 2 heterocycles. The van der Waals surface area contributed by atoms with Crippen molar-refractivity contribution >= 4 is 92.1 Å². The fourth-order valence-electron chi connectivity index (χ4n) is 14.0. The number of carboxylic acid groups (broad SMARTS) is 2. The van der Waals surface area contributed by atoms with Crippen LogP contribution in [0.1, 0.15) is 142 Å². The molecule has 0 radical (unpaired) electrons. The highest BCUT2D eigenvalue weighted by atomic mass is 19.1. The standard InChI is InChI=1S/C26H22FNO2.C25H20FNO2.C24H27N5O4.C23H25N5O4/c1-14-11-15(2)23(16(3)12-14)18-5-7-19(8-6-18)25-17(4)24(26(29)30)21-13-20(27)9-10-22(21)28-25;1-14-4-5-15(2)24(16(14)3)18-8-6-17(7-9-18)23-13-21(25(28)29)20-12-19(26)10-11-22(20)27-23;1-6-19(11-12-25)33-24(31)27-16(3)20-13-17(8-7-15(20)2)28-23(30)29-18-9-10-21(26-4)22(14-18)32-5;1-5-19(11-12-24)32-23(30)26-15(2)16-7-6-8-17(13-16)27-22(29)28-18-9-10-20(25-3)21(14-18)31-4/h5-13H,1-4H3,(H,29,30);4-13H,1-3H3,(H,28,29);7-10,13-14,16,19H,6,11H2,1-3,5H3,(H,27,31)(H2,28,29,30);6-10,13-15,19H,5,11H2,1-2,4H3,(H,26,30)(H2,27,28,29)/t;;16-,19+;15-,19+/m..00/s1. The molecule has 0 saturated heterocycles. The number of nitriles is 2. The number of carbonyl (C=O) groups excluding carboxylic acids is 4. The smallest absolute Gasteiger partial charge is 0.407 e. The first-order chi connectivity index (χ1) is 59.3. The topological polar surface area (TPSA) is 334 Å². The number of carbonyl (C=O) groups is 6. The third-order valence-electron chi connectivity index (χ3n) is 20.5. The van der Waals surface area contributed by atoms with Gasteiger partial charge in [-0.25, -0.2) is 57.2 Å². The van der Waals surface area contributed by atoms with Gasteiger partial charge in [0, 0.05) is 44.6 Å². The van der Waals surface area contributed by atoms with Gasteiger partial charge in [-0.2, -0.15) is 10.5 Å². The highest BCUT2D eigenvalue weighted by molar-refractivity contribution is 6.07. The van der Waals surface area contributed by atoms with Crippen LogP contribution in [0.4, 0.5) is 62.1 Å². The lowest BCUT2D eigenvalue weighted by molar-refractivity contribution is 0.0687. The van der Waals surface area contributed by atoms with E-state index in [0.29, 0.717) is 97.2 Å². The van der Waals surface area contributed by atoms with Crippen LogP contribution in [0.15, 0.2) is 194 Å². The van der Waals surface area contributed by atoms with E-state index < -0.39 is 60.0 Å². The van der Waals surface area contributed by atoms with Crippen LogP contribution >= 0.6 is 0 Å². The number of hydrogen-bond donors (Lipinski definition) is 8. The molecule has 632 valence electrons. The van der Waals surface area contributed by atoms with Gasteiger partial charge in [-0.3, -0.25) is 0 Å². The van der Waals surface area contributed by atoms with Crippen molar-refractivity contribution in [1.29, 1.82) is 10.5 Å². The third-order valence-corrected chi connectivity index (χ3v) is 20.5. The Hall–Kier alpha value is -15.5. The normalized spacial score (nSPS) is 11.5. The SMILES string of the molecule is Cc1cc(C)c(-c2ccc(-c3nc4ccc(F)cc4c(C(=O)O)c3C)cc2)c(C)c1.Cc1ccc(C)c(-c2ccc(-c3cc(C(=O)O)c4cc(F)ccc4n3)cc2)c1C.[C-]#[N+]c1ccc(NC(=O)Nc2ccc(C)c([C@H](C)NC(=O)O[C@H](CC)CC#N)c2)cc1OC.[C-]#[N+]c1ccc(NC(=O)Nc2cccc([C@H](C)NC(=O)O[C@H](CC)CC#N)c2)cc1OC. The fourth-order valence-corrected chi connectivity index (χ4v) is 14.0. The predicted molar refractivity (Wildman–Crippen MR) is 478 cm³/mol. The molecule has 0 aliphatic heterocycles. The minimum Gasteiger partial charge on any atom is -0.508 e. The van der Waals surface area contributed by atoms with Crippen molar-refractivity contribution < 1.29 is 66.7 Å². The number of anilines is 4. The van der Waals surface area contributed by atoms with Crippen LogP contribution in [0.25, 0.3) is 76.3 Å². The fraction of sp³-hybridized carbons (Fsp3) is 0.224. The average molecular weight is 1670 g/mol. The second kappa shape index (κ2) is 42.9. The molecule has 8 N–H and O–H groups in total. The minimum atomic E-state index is -1.10. The van der Waals surface area contributed by atoms with Crippen molar-refractivity contribution in [2.45, 2.75) is 133 Å². The molecule has 124 heavy (non-hydrogen) atoms. The summed E-state index contributed by atoms with van der Waals surface area (Å²) in [6, 6.07) is 58.3. The Kier molecular flexibility index (Phi) is 32.0. The van der Waals surface area contributed by atoms with Crippen molar-refractivity contribution in [3.05, 3.63) is 295 Å². The summed E-state index contributed by atoms with van der Waals surface area (Å²) in [6.45, 7) is 37.8. The van der Waals surface area contributed by atoms with Gasteiger partial charge in [0.2, 0.25) is 11.4 Å². The molecule has 24 nitrogen and oxygen atoms in total. The summed E-state index contributed by atoms with van der Waals surface area (Å²) in [4.78, 5) is 88.6.